The Hall–Kier alpha value is -0.590. The third-order valence-corrected chi connectivity index (χ3v) is 4.47. The highest BCUT2D eigenvalue weighted by molar-refractivity contribution is 5.13. The van der Waals surface area contributed by atoms with Crippen molar-refractivity contribution in [1.29, 1.82) is 5.26 Å². The predicted octanol–water partition coefficient (Wildman–Crippen LogP) is 1.56. The summed E-state index contributed by atoms with van der Waals surface area (Å²) in [7, 11) is 6.47. The largest absolute Gasteiger partial charge is 0.306 e. The second-order valence-corrected chi connectivity index (χ2v) is 5.84. The number of nitriles is 1. The second-order valence-electron chi connectivity index (χ2n) is 5.84. The van der Waals surface area contributed by atoms with Crippen molar-refractivity contribution in [3.8, 4) is 6.07 Å². The average Bonchev–Trinajstić information content (AvgIpc) is 2.57. The molecule has 0 radical (unpaired) electrons. The second kappa shape index (κ2) is 4.35. The molecule has 1 heterocycles. The summed E-state index contributed by atoms with van der Waals surface area (Å²) in [6.07, 6.45) is 4.70. The summed E-state index contributed by atoms with van der Waals surface area (Å²) in [6, 6.07) is 3.08. The Morgan fingerprint density at radius 3 is 2.44 bits per heavy atom. The molecule has 2 unspecified atom stereocenters. The van der Waals surface area contributed by atoms with Crippen LogP contribution in [0.25, 0.3) is 0 Å². The van der Waals surface area contributed by atoms with Gasteiger partial charge in [-0.2, -0.15) is 5.26 Å². The first-order valence-electron chi connectivity index (χ1n) is 6.35. The van der Waals surface area contributed by atoms with E-state index in [0.29, 0.717) is 12.0 Å². The zero-order valence-electron chi connectivity index (χ0n) is 10.7. The molecule has 0 N–H and O–H groups in total. The monoisotopic (exact) mass is 221 g/mol. The number of hydrogen-bond acceptors (Lipinski definition) is 3. The van der Waals surface area contributed by atoms with Gasteiger partial charge in [0.2, 0.25) is 0 Å². The van der Waals surface area contributed by atoms with Gasteiger partial charge in [-0.05, 0) is 52.9 Å². The van der Waals surface area contributed by atoms with Crippen LogP contribution in [0.15, 0.2) is 0 Å². The lowest BCUT2D eigenvalue weighted by Gasteiger charge is -2.47. The average molecular weight is 221 g/mol. The van der Waals surface area contributed by atoms with Crippen molar-refractivity contribution in [1.82, 2.24) is 9.80 Å². The van der Waals surface area contributed by atoms with Gasteiger partial charge in [0.05, 0.1) is 11.5 Å². The lowest BCUT2D eigenvalue weighted by Crippen LogP contribution is -2.52. The van der Waals surface area contributed by atoms with Gasteiger partial charge in [0.25, 0.3) is 0 Å². The van der Waals surface area contributed by atoms with E-state index in [1.165, 1.54) is 19.4 Å². The first kappa shape index (κ1) is 11.9. The predicted molar refractivity (Wildman–Crippen MR) is 65.0 cm³/mol. The minimum absolute atomic E-state index is 0.0423. The molecule has 0 aromatic carbocycles. The fraction of sp³-hybridized carbons (Fsp3) is 0.923. The minimum atomic E-state index is -0.0423. The van der Waals surface area contributed by atoms with Crippen LogP contribution in [0.1, 0.15) is 25.7 Å². The third kappa shape index (κ3) is 1.85. The van der Waals surface area contributed by atoms with Gasteiger partial charge in [0.1, 0.15) is 0 Å². The van der Waals surface area contributed by atoms with Crippen LogP contribution < -0.4 is 0 Å². The SMILES string of the molecule is CN1CCC(C(N(C)C)C2(C#N)CCC2)C1. The van der Waals surface area contributed by atoms with Crippen LogP contribution in [0.2, 0.25) is 0 Å². The summed E-state index contributed by atoms with van der Waals surface area (Å²) in [5.41, 5.74) is -0.0423. The Balaban J connectivity index is 2.14. The molecule has 0 spiro atoms. The van der Waals surface area contributed by atoms with Gasteiger partial charge in [0, 0.05) is 12.6 Å². The Morgan fingerprint density at radius 1 is 1.44 bits per heavy atom. The molecule has 1 saturated heterocycles. The van der Waals surface area contributed by atoms with Crippen molar-refractivity contribution in [2.24, 2.45) is 11.3 Å². The molecular weight excluding hydrogens is 198 g/mol. The molecule has 1 saturated carbocycles. The van der Waals surface area contributed by atoms with Crippen molar-refractivity contribution in [2.45, 2.75) is 31.7 Å². The van der Waals surface area contributed by atoms with Crippen molar-refractivity contribution in [3.63, 3.8) is 0 Å². The van der Waals surface area contributed by atoms with E-state index in [9.17, 15) is 5.26 Å². The topological polar surface area (TPSA) is 30.3 Å². The van der Waals surface area contributed by atoms with Crippen molar-refractivity contribution in [2.75, 3.05) is 34.2 Å². The van der Waals surface area contributed by atoms with E-state index in [1.54, 1.807) is 0 Å². The Kier molecular flexibility index (Phi) is 3.23. The van der Waals surface area contributed by atoms with E-state index in [4.69, 9.17) is 0 Å². The molecule has 0 amide bonds. The molecule has 3 nitrogen and oxygen atoms in total. The summed E-state index contributed by atoms with van der Waals surface area (Å²) in [4.78, 5) is 4.69. The zero-order valence-corrected chi connectivity index (χ0v) is 10.7. The van der Waals surface area contributed by atoms with E-state index in [0.717, 1.165) is 19.4 Å². The van der Waals surface area contributed by atoms with Crippen LogP contribution in [0.4, 0.5) is 0 Å². The molecule has 1 aliphatic heterocycles. The fourth-order valence-corrected chi connectivity index (χ4v) is 3.63. The van der Waals surface area contributed by atoms with E-state index >= 15 is 0 Å². The summed E-state index contributed by atoms with van der Waals surface area (Å²) in [5, 5.41) is 9.49. The van der Waals surface area contributed by atoms with Gasteiger partial charge in [-0.15, -0.1) is 0 Å². The standard InChI is InChI=1S/C13H23N3/c1-15(2)12(11-5-8-16(3)9-11)13(10-14)6-4-7-13/h11-12H,4-9H2,1-3H3. The van der Waals surface area contributed by atoms with Crippen LogP contribution in [-0.4, -0.2) is 50.1 Å². The summed E-state index contributed by atoms with van der Waals surface area (Å²) < 4.78 is 0. The summed E-state index contributed by atoms with van der Waals surface area (Å²) in [5.74, 6) is 0.681. The Bertz CT molecular complexity index is 288. The van der Waals surface area contributed by atoms with E-state index < -0.39 is 0 Å². The van der Waals surface area contributed by atoms with E-state index in [-0.39, 0.29) is 5.41 Å². The summed E-state index contributed by atoms with van der Waals surface area (Å²) in [6.45, 7) is 2.35. The van der Waals surface area contributed by atoms with E-state index in [2.05, 4.69) is 37.0 Å². The number of nitrogens with zero attached hydrogens (tertiary/aromatic N) is 3. The maximum atomic E-state index is 9.49. The van der Waals surface area contributed by atoms with Gasteiger partial charge < -0.3 is 9.80 Å². The fourth-order valence-electron chi connectivity index (χ4n) is 3.63. The van der Waals surface area contributed by atoms with Gasteiger partial charge in [-0.1, -0.05) is 6.42 Å². The first-order chi connectivity index (χ1) is 7.59. The molecule has 2 fully saturated rings. The van der Waals surface area contributed by atoms with Crippen molar-refractivity contribution in [3.05, 3.63) is 0 Å². The van der Waals surface area contributed by atoms with Crippen LogP contribution in [0.5, 0.6) is 0 Å². The maximum Gasteiger partial charge on any atom is 0.0732 e. The zero-order chi connectivity index (χ0) is 11.8. The highest BCUT2D eigenvalue weighted by Gasteiger charge is 2.49. The Morgan fingerprint density at radius 2 is 2.12 bits per heavy atom. The number of rotatable bonds is 3. The third-order valence-electron chi connectivity index (χ3n) is 4.47. The Labute approximate surface area is 99.0 Å². The van der Waals surface area contributed by atoms with Crippen molar-refractivity contribution < 1.29 is 0 Å². The van der Waals surface area contributed by atoms with Gasteiger partial charge in [-0.25, -0.2) is 0 Å². The molecule has 16 heavy (non-hydrogen) atoms. The maximum absolute atomic E-state index is 9.49. The van der Waals surface area contributed by atoms with Crippen LogP contribution >= 0.6 is 0 Å². The molecule has 2 rings (SSSR count). The molecule has 2 aliphatic rings. The van der Waals surface area contributed by atoms with E-state index in [1.807, 2.05) is 0 Å². The quantitative estimate of drug-likeness (QED) is 0.724. The smallest absolute Gasteiger partial charge is 0.0732 e. The normalized spacial score (nSPS) is 31.1. The number of likely N-dealkylation sites (tertiary alicyclic amines) is 1. The summed E-state index contributed by atoms with van der Waals surface area (Å²) >= 11 is 0. The molecule has 0 aromatic rings. The van der Waals surface area contributed by atoms with Crippen LogP contribution in [0, 0.1) is 22.7 Å². The van der Waals surface area contributed by atoms with Gasteiger partial charge >= 0.3 is 0 Å². The van der Waals surface area contributed by atoms with Gasteiger partial charge in [0.15, 0.2) is 0 Å². The molecule has 2 atom stereocenters. The van der Waals surface area contributed by atoms with Crippen LogP contribution in [0.3, 0.4) is 0 Å². The minimum Gasteiger partial charge on any atom is -0.306 e. The molecular formula is C13H23N3. The van der Waals surface area contributed by atoms with Crippen LogP contribution in [-0.2, 0) is 0 Å². The first-order valence-corrected chi connectivity index (χ1v) is 6.35. The molecule has 1 aliphatic carbocycles. The molecule has 0 bridgehead atoms. The lowest BCUT2D eigenvalue weighted by atomic mass is 9.61. The highest BCUT2D eigenvalue weighted by atomic mass is 15.2. The lowest BCUT2D eigenvalue weighted by molar-refractivity contribution is 0.0368. The molecule has 0 aromatic heterocycles. The molecule has 3 heteroatoms. The van der Waals surface area contributed by atoms with Gasteiger partial charge in [-0.3, -0.25) is 0 Å². The molecule has 90 valence electrons. The van der Waals surface area contributed by atoms with Crippen molar-refractivity contribution >= 4 is 0 Å². The highest BCUT2D eigenvalue weighted by Crippen LogP contribution is 2.48. The number of hydrogen-bond donors (Lipinski definition) is 0.